The Balaban J connectivity index is 2.22. The van der Waals surface area contributed by atoms with Gasteiger partial charge in [-0.15, -0.1) is 0 Å². The first-order valence-corrected chi connectivity index (χ1v) is 8.09. The van der Waals surface area contributed by atoms with Crippen LogP contribution in [-0.4, -0.2) is 27.8 Å². The lowest BCUT2D eigenvalue weighted by Gasteiger charge is -2.09. The molecule has 0 unspecified atom stereocenters. The Morgan fingerprint density at radius 2 is 1.41 bits per heavy atom. The Morgan fingerprint density at radius 1 is 0.909 bits per heavy atom. The molecule has 124 valence electrons. The van der Waals surface area contributed by atoms with Crippen LogP contribution in [0.3, 0.4) is 0 Å². The van der Waals surface area contributed by atoms with E-state index in [1.54, 1.807) is 0 Å². The largest absolute Gasteiger partial charge is 0.508 e. The van der Waals surface area contributed by atoms with Gasteiger partial charge < -0.3 is 20.6 Å². The highest BCUT2D eigenvalue weighted by molar-refractivity contribution is 5.99. The van der Waals surface area contributed by atoms with Crippen molar-refractivity contribution in [3.8, 4) is 17.2 Å². The molecule has 1 amide bonds. The summed E-state index contributed by atoms with van der Waals surface area (Å²) in [5, 5.41) is 31.1. The molecule has 0 radical (unpaired) electrons. The number of hydrogen-bond acceptors (Lipinski definition) is 4. The van der Waals surface area contributed by atoms with Gasteiger partial charge in [0.1, 0.15) is 22.8 Å². The van der Waals surface area contributed by atoms with Crippen molar-refractivity contribution in [3.05, 3.63) is 17.7 Å². The first kappa shape index (κ1) is 18.1. The van der Waals surface area contributed by atoms with Crippen molar-refractivity contribution in [2.75, 3.05) is 6.54 Å². The zero-order chi connectivity index (χ0) is 16.4. The summed E-state index contributed by atoms with van der Waals surface area (Å²) in [6, 6.07) is 2.07. The molecular weight excluding hydrogens is 282 g/mol. The van der Waals surface area contributed by atoms with E-state index in [1.807, 2.05) is 0 Å². The lowest BCUT2D eigenvalue weighted by atomic mass is 10.1. The van der Waals surface area contributed by atoms with Crippen LogP contribution in [0.4, 0.5) is 0 Å². The molecule has 0 aromatic heterocycles. The fourth-order valence-electron chi connectivity index (χ4n) is 2.38. The minimum absolute atomic E-state index is 0.197. The fraction of sp³-hybridized carbons (Fsp3) is 0.588. The number of rotatable bonds is 10. The summed E-state index contributed by atoms with van der Waals surface area (Å²) in [5.74, 6) is -1.66. The van der Waals surface area contributed by atoms with E-state index in [0.717, 1.165) is 31.4 Å². The highest BCUT2D eigenvalue weighted by Crippen LogP contribution is 2.31. The third kappa shape index (κ3) is 6.24. The second kappa shape index (κ2) is 9.92. The summed E-state index contributed by atoms with van der Waals surface area (Å²) in [5.41, 5.74) is -0.197. The number of hydrogen-bond donors (Lipinski definition) is 4. The number of amides is 1. The van der Waals surface area contributed by atoms with Gasteiger partial charge in [0.05, 0.1) is 0 Å². The molecule has 0 spiro atoms. The van der Waals surface area contributed by atoms with Crippen molar-refractivity contribution in [2.45, 2.75) is 58.3 Å². The van der Waals surface area contributed by atoms with E-state index in [-0.39, 0.29) is 11.3 Å². The van der Waals surface area contributed by atoms with Gasteiger partial charge in [0.2, 0.25) is 0 Å². The number of carbonyl (C=O) groups excluding carboxylic acids is 1. The first-order chi connectivity index (χ1) is 10.6. The van der Waals surface area contributed by atoms with Gasteiger partial charge in [-0.1, -0.05) is 51.9 Å². The highest BCUT2D eigenvalue weighted by atomic mass is 16.3. The normalized spacial score (nSPS) is 10.6. The fourth-order valence-corrected chi connectivity index (χ4v) is 2.38. The summed E-state index contributed by atoms with van der Waals surface area (Å²) in [4.78, 5) is 11.9. The second-order valence-corrected chi connectivity index (χ2v) is 5.59. The van der Waals surface area contributed by atoms with Crippen molar-refractivity contribution in [2.24, 2.45) is 0 Å². The van der Waals surface area contributed by atoms with Crippen LogP contribution < -0.4 is 5.32 Å². The average Bonchev–Trinajstić information content (AvgIpc) is 2.44. The number of unbranched alkanes of at least 4 members (excludes halogenated alkanes) is 7. The highest BCUT2D eigenvalue weighted by Gasteiger charge is 2.17. The monoisotopic (exact) mass is 309 g/mol. The number of phenolic OH excluding ortho intramolecular Hbond substituents is 3. The van der Waals surface area contributed by atoms with Gasteiger partial charge in [-0.25, -0.2) is 0 Å². The minimum atomic E-state index is -0.530. The molecule has 1 rings (SSSR count). The Labute approximate surface area is 132 Å². The number of carbonyl (C=O) groups is 1. The molecule has 0 bridgehead atoms. The summed E-state index contributed by atoms with van der Waals surface area (Å²) < 4.78 is 0. The summed E-state index contributed by atoms with van der Waals surface area (Å²) in [6.07, 6.45) is 9.45. The maximum absolute atomic E-state index is 11.9. The van der Waals surface area contributed by atoms with Crippen LogP contribution in [-0.2, 0) is 0 Å². The summed E-state index contributed by atoms with van der Waals surface area (Å²) in [6.45, 7) is 2.71. The van der Waals surface area contributed by atoms with Crippen molar-refractivity contribution in [1.29, 1.82) is 0 Å². The smallest absolute Gasteiger partial charge is 0.258 e. The topological polar surface area (TPSA) is 89.8 Å². The molecule has 0 aliphatic rings. The van der Waals surface area contributed by atoms with Gasteiger partial charge >= 0.3 is 0 Å². The van der Waals surface area contributed by atoms with E-state index in [2.05, 4.69) is 12.2 Å². The van der Waals surface area contributed by atoms with Gasteiger partial charge in [0, 0.05) is 18.7 Å². The Kier molecular flexibility index (Phi) is 8.18. The Hall–Kier alpha value is -1.91. The molecule has 22 heavy (non-hydrogen) atoms. The molecule has 0 fully saturated rings. The van der Waals surface area contributed by atoms with Crippen molar-refractivity contribution in [1.82, 2.24) is 5.32 Å². The van der Waals surface area contributed by atoms with Gasteiger partial charge in [-0.3, -0.25) is 4.79 Å². The number of aromatic hydroxyl groups is 3. The zero-order valence-electron chi connectivity index (χ0n) is 13.3. The average molecular weight is 309 g/mol. The SMILES string of the molecule is CCCCCCCCCCNC(=O)c1c(O)cc(O)cc1O. The van der Waals surface area contributed by atoms with Crippen LogP contribution in [0.5, 0.6) is 17.2 Å². The number of phenols is 3. The van der Waals surface area contributed by atoms with Crippen LogP contribution in [0.25, 0.3) is 0 Å². The third-order valence-corrected chi connectivity index (χ3v) is 3.62. The summed E-state index contributed by atoms with van der Waals surface area (Å²) >= 11 is 0. The van der Waals surface area contributed by atoms with Crippen molar-refractivity contribution >= 4 is 5.91 Å². The molecule has 5 heteroatoms. The molecule has 0 aliphatic carbocycles. The third-order valence-electron chi connectivity index (χ3n) is 3.62. The van der Waals surface area contributed by atoms with Crippen LogP contribution in [0.15, 0.2) is 12.1 Å². The van der Waals surface area contributed by atoms with Crippen molar-refractivity contribution in [3.63, 3.8) is 0 Å². The van der Waals surface area contributed by atoms with E-state index in [1.165, 1.54) is 32.1 Å². The molecule has 1 aromatic rings. The van der Waals surface area contributed by atoms with E-state index in [0.29, 0.717) is 6.54 Å². The molecule has 0 heterocycles. The summed E-state index contributed by atoms with van der Waals surface area (Å²) in [7, 11) is 0. The second-order valence-electron chi connectivity index (χ2n) is 5.59. The van der Waals surface area contributed by atoms with Crippen LogP contribution in [0.2, 0.25) is 0 Å². The molecule has 0 saturated carbocycles. The van der Waals surface area contributed by atoms with Gasteiger partial charge in [0.25, 0.3) is 5.91 Å². The molecule has 1 aromatic carbocycles. The van der Waals surface area contributed by atoms with Crippen LogP contribution in [0.1, 0.15) is 68.6 Å². The van der Waals surface area contributed by atoms with Gasteiger partial charge in [-0.2, -0.15) is 0 Å². The first-order valence-electron chi connectivity index (χ1n) is 8.09. The predicted molar refractivity (Wildman–Crippen MR) is 86.4 cm³/mol. The van der Waals surface area contributed by atoms with E-state index < -0.39 is 17.4 Å². The number of benzene rings is 1. The van der Waals surface area contributed by atoms with E-state index in [9.17, 15) is 20.1 Å². The van der Waals surface area contributed by atoms with Crippen LogP contribution in [0, 0.1) is 0 Å². The zero-order valence-corrected chi connectivity index (χ0v) is 13.3. The van der Waals surface area contributed by atoms with E-state index >= 15 is 0 Å². The molecule has 5 nitrogen and oxygen atoms in total. The number of nitrogens with one attached hydrogen (secondary N) is 1. The molecule has 0 atom stereocenters. The molecular formula is C17H27NO4. The van der Waals surface area contributed by atoms with Gasteiger partial charge in [-0.05, 0) is 6.42 Å². The maximum Gasteiger partial charge on any atom is 0.258 e. The molecule has 0 aliphatic heterocycles. The molecule has 4 N–H and O–H groups in total. The lowest BCUT2D eigenvalue weighted by molar-refractivity contribution is 0.0947. The van der Waals surface area contributed by atoms with Gasteiger partial charge in [0.15, 0.2) is 0 Å². The quantitative estimate of drug-likeness (QED) is 0.496. The molecule has 0 saturated heterocycles. The maximum atomic E-state index is 11.9. The minimum Gasteiger partial charge on any atom is -0.508 e. The lowest BCUT2D eigenvalue weighted by Crippen LogP contribution is -2.24. The predicted octanol–water partition coefficient (Wildman–Crippen LogP) is 3.67. The van der Waals surface area contributed by atoms with E-state index in [4.69, 9.17) is 0 Å². The standard InChI is InChI=1S/C17H27NO4/c1-2-3-4-5-6-7-8-9-10-18-17(22)16-14(20)11-13(19)12-15(16)21/h11-12,19-21H,2-10H2,1H3,(H,18,22). The Morgan fingerprint density at radius 3 is 1.95 bits per heavy atom. The van der Waals surface area contributed by atoms with Crippen molar-refractivity contribution < 1.29 is 20.1 Å². The Bertz CT molecular complexity index is 451. The van der Waals surface area contributed by atoms with Crippen LogP contribution >= 0.6 is 0 Å².